The van der Waals surface area contributed by atoms with E-state index in [-0.39, 0.29) is 0 Å². The third kappa shape index (κ3) is 30.3. The molecule has 6 N–H and O–H groups in total. The van der Waals surface area contributed by atoms with E-state index >= 15 is 0 Å². The summed E-state index contributed by atoms with van der Waals surface area (Å²) in [7, 11) is 0. The zero-order valence-electron chi connectivity index (χ0n) is 16.2. The van der Waals surface area contributed by atoms with Crippen LogP contribution in [0, 0.1) is 0 Å². The molecule has 0 radical (unpaired) electrons. The summed E-state index contributed by atoms with van der Waals surface area (Å²) in [6, 6.07) is 0. The summed E-state index contributed by atoms with van der Waals surface area (Å²) in [5.41, 5.74) is 15.3. The van der Waals surface area contributed by atoms with Crippen LogP contribution in [-0.2, 0) is 0 Å². The summed E-state index contributed by atoms with van der Waals surface area (Å²) in [5, 5.41) is 0. The SMILES string of the molecule is CCCCCCCCCCCCCCCCCCN.NCCN. The normalized spacial score (nSPS) is 10.4. The number of unbranched alkanes of at least 4 members (excludes halogenated alkanes) is 15. The van der Waals surface area contributed by atoms with Gasteiger partial charge in [-0.05, 0) is 13.0 Å². The van der Waals surface area contributed by atoms with E-state index in [2.05, 4.69) is 6.92 Å². The van der Waals surface area contributed by atoms with Crippen LogP contribution in [0.1, 0.15) is 110 Å². The van der Waals surface area contributed by atoms with Gasteiger partial charge in [0.15, 0.2) is 0 Å². The van der Waals surface area contributed by atoms with Gasteiger partial charge in [0, 0.05) is 13.1 Å². The van der Waals surface area contributed by atoms with Gasteiger partial charge < -0.3 is 17.2 Å². The van der Waals surface area contributed by atoms with Crippen molar-refractivity contribution < 1.29 is 0 Å². The average Bonchev–Trinajstić information content (AvgIpc) is 2.58. The lowest BCUT2D eigenvalue weighted by Gasteiger charge is -2.03. The van der Waals surface area contributed by atoms with Gasteiger partial charge in [-0.25, -0.2) is 0 Å². The Balaban J connectivity index is 0. The predicted molar refractivity (Wildman–Crippen MR) is 107 cm³/mol. The van der Waals surface area contributed by atoms with E-state index in [0.717, 1.165) is 6.54 Å². The minimum absolute atomic E-state index is 0.597. The fourth-order valence-electron chi connectivity index (χ4n) is 2.69. The maximum absolute atomic E-state index is 5.48. The van der Waals surface area contributed by atoms with Crippen molar-refractivity contribution in [2.24, 2.45) is 17.2 Å². The molecule has 3 nitrogen and oxygen atoms in total. The van der Waals surface area contributed by atoms with Crippen molar-refractivity contribution in [1.82, 2.24) is 0 Å². The van der Waals surface area contributed by atoms with Gasteiger partial charge >= 0.3 is 0 Å². The smallest absolute Gasteiger partial charge is 0.00461 e. The molecule has 3 heteroatoms. The van der Waals surface area contributed by atoms with Crippen LogP contribution in [0.2, 0.25) is 0 Å². The molecular formula is C20H47N3. The molecule has 0 saturated heterocycles. The van der Waals surface area contributed by atoms with Crippen molar-refractivity contribution >= 4 is 0 Å². The molecule has 0 aliphatic heterocycles. The molecule has 0 bridgehead atoms. The zero-order valence-corrected chi connectivity index (χ0v) is 16.2. The van der Waals surface area contributed by atoms with Crippen LogP contribution in [0.3, 0.4) is 0 Å². The van der Waals surface area contributed by atoms with Crippen LogP contribution < -0.4 is 17.2 Å². The van der Waals surface area contributed by atoms with Gasteiger partial charge in [-0.1, -0.05) is 103 Å². The Labute approximate surface area is 147 Å². The molecule has 0 spiro atoms. The van der Waals surface area contributed by atoms with Gasteiger partial charge in [0.2, 0.25) is 0 Å². The second-order valence-corrected chi connectivity index (χ2v) is 6.67. The van der Waals surface area contributed by atoms with Crippen molar-refractivity contribution in [2.45, 2.75) is 110 Å². The Morgan fingerprint density at radius 2 is 0.609 bits per heavy atom. The van der Waals surface area contributed by atoms with Gasteiger partial charge in [0.05, 0.1) is 0 Å². The summed E-state index contributed by atoms with van der Waals surface area (Å²) in [4.78, 5) is 0. The molecule has 0 unspecified atom stereocenters. The third-order valence-electron chi connectivity index (χ3n) is 4.22. The molecule has 0 aliphatic rings. The first-order valence-corrected chi connectivity index (χ1v) is 10.4. The van der Waals surface area contributed by atoms with Crippen LogP contribution in [-0.4, -0.2) is 19.6 Å². The van der Waals surface area contributed by atoms with Crippen LogP contribution in [0.25, 0.3) is 0 Å². The summed E-state index contributed by atoms with van der Waals surface area (Å²) in [5.74, 6) is 0. The second-order valence-electron chi connectivity index (χ2n) is 6.67. The lowest BCUT2D eigenvalue weighted by molar-refractivity contribution is 0.530. The van der Waals surface area contributed by atoms with E-state index in [4.69, 9.17) is 17.2 Å². The first-order valence-electron chi connectivity index (χ1n) is 10.4. The van der Waals surface area contributed by atoms with Gasteiger partial charge in [0.25, 0.3) is 0 Å². The van der Waals surface area contributed by atoms with Crippen molar-refractivity contribution in [3.8, 4) is 0 Å². The van der Waals surface area contributed by atoms with E-state index in [0.29, 0.717) is 13.1 Å². The maximum Gasteiger partial charge on any atom is 0.00461 e. The summed E-state index contributed by atoms with van der Waals surface area (Å²) < 4.78 is 0. The average molecular weight is 330 g/mol. The molecule has 0 aromatic rings. The highest BCUT2D eigenvalue weighted by molar-refractivity contribution is 4.49. The summed E-state index contributed by atoms with van der Waals surface area (Å²) in [6.07, 6.45) is 22.9. The van der Waals surface area contributed by atoms with E-state index in [9.17, 15) is 0 Å². The highest BCUT2D eigenvalue weighted by Gasteiger charge is 1.94. The minimum Gasteiger partial charge on any atom is -0.330 e. The van der Waals surface area contributed by atoms with Gasteiger partial charge in [0.1, 0.15) is 0 Å². The highest BCUT2D eigenvalue weighted by atomic mass is 14.6. The first kappa shape index (κ1) is 25.1. The van der Waals surface area contributed by atoms with Crippen LogP contribution in [0.4, 0.5) is 0 Å². The fraction of sp³-hybridized carbons (Fsp3) is 1.00. The largest absolute Gasteiger partial charge is 0.330 e. The quantitative estimate of drug-likeness (QED) is 0.324. The molecule has 0 amide bonds. The lowest BCUT2D eigenvalue weighted by atomic mass is 10.0. The molecule has 142 valence electrons. The van der Waals surface area contributed by atoms with E-state index in [1.807, 2.05) is 0 Å². The number of hydrogen-bond donors (Lipinski definition) is 3. The van der Waals surface area contributed by atoms with E-state index in [1.165, 1.54) is 103 Å². The molecule has 0 atom stereocenters. The molecule has 0 aliphatic carbocycles. The van der Waals surface area contributed by atoms with Gasteiger partial charge in [-0.2, -0.15) is 0 Å². The Bertz CT molecular complexity index is 156. The monoisotopic (exact) mass is 329 g/mol. The lowest BCUT2D eigenvalue weighted by Crippen LogP contribution is -2.11. The Hall–Kier alpha value is -0.120. The molecule has 0 rings (SSSR count). The van der Waals surface area contributed by atoms with Crippen molar-refractivity contribution in [3.63, 3.8) is 0 Å². The van der Waals surface area contributed by atoms with Gasteiger partial charge in [-0.15, -0.1) is 0 Å². The van der Waals surface area contributed by atoms with E-state index in [1.54, 1.807) is 0 Å². The maximum atomic E-state index is 5.48. The standard InChI is InChI=1S/C18H39N.C2H8N2/c1-2-3-4-5-6-7-8-9-10-11-12-13-14-15-16-17-18-19;3-1-2-4/h2-19H2,1H3;1-4H2. The summed E-state index contributed by atoms with van der Waals surface area (Å²) >= 11 is 0. The molecule has 0 aromatic carbocycles. The Morgan fingerprint density at radius 1 is 0.348 bits per heavy atom. The molecule has 0 aromatic heterocycles. The van der Waals surface area contributed by atoms with E-state index < -0.39 is 0 Å². The van der Waals surface area contributed by atoms with Crippen LogP contribution in [0.15, 0.2) is 0 Å². The highest BCUT2D eigenvalue weighted by Crippen LogP contribution is 2.13. The molecule has 0 heterocycles. The molecule has 0 fully saturated rings. The van der Waals surface area contributed by atoms with Gasteiger partial charge in [-0.3, -0.25) is 0 Å². The first-order chi connectivity index (χ1) is 11.3. The van der Waals surface area contributed by atoms with Crippen molar-refractivity contribution in [2.75, 3.05) is 19.6 Å². The van der Waals surface area contributed by atoms with Crippen LogP contribution in [0.5, 0.6) is 0 Å². The Kier molecular flexibility index (Phi) is 29.2. The number of rotatable bonds is 17. The van der Waals surface area contributed by atoms with Crippen molar-refractivity contribution in [3.05, 3.63) is 0 Å². The number of nitrogens with two attached hydrogens (primary N) is 3. The zero-order chi connectivity index (χ0) is 17.4. The molecular weight excluding hydrogens is 282 g/mol. The summed E-state index contributed by atoms with van der Waals surface area (Å²) in [6.45, 7) is 4.36. The number of hydrogen-bond acceptors (Lipinski definition) is 3. The predicted octanol–water partition coefficient (Wildman–Crippen LogP) is 5.11. The van der Waals surface area contributed by atoms with Crippen molar-refractivity contribution in [1.29, 1.82) is 0 Å². The topological polar surface area (TPSA) is 78.1 Å². The fourth-order valence-corrected chi connectivity index (χ4v) is 2.69. The Morgan fingerprint density at radius 3 is 0.826 bits per heavy atom. The third-order valence-corrected chi connectivity index (χ3v) is 4.22. The van der Waals surface area contributed by atoms with Crippen LogP contribution >= 0.6 is 0 Å². The minimum atomic E-state index is 0.597. The molecule has 23 heavy (non-hydrogen) atoms. The molecule has 0 saturated carbocycles. The second kappa shape index (κ2) is 26.8.